The summed E-state index contributed by atoms with van der Waals surface area (Å²) in [6, 6.07) is 0. The van der Waals surface area contributed by atoms with Crippen LogP contribution in [-0.4, -0.2) is 0 Å². The summed E-state index contributed by atoms with van der Waals surface area (Å²) in [7, 11) is 0. The second kappa shape index (κ2) is 4.90. The molecule has 2 aliphatic carbocycles. The fourth-order valence-electron chi connectivity index (χ4n) is 2.65. The normalized spacial score (nSPS) is 23.6. The van der Waals surface area contributed by atoms with E-state index in [1.165, 1.54) is 43.3 Å². The van der Waals surface area contributed by atoms with E-state index < -0.39 is 0 Å². The molecule has 0 aromatic carbocycles. The summed E-state index contributed by atoms with van der Waals surface area (Å²) < 4.78 is 0. The lowest BCUT2D eigenvalue weighted by molar-refractivity contribution is 0.405. The number of hydrogen-bond donors (Lipinski definition) is 0. The van der Waals surface area contributed by atoms with E-state index in [4.69, 9.17) is 18.0 Å². The molecule has 0 radical (unpaired) electrons. The minimum atomic E-state index is 0.679. The van der Waals surface area contributed by atoms with Crippen LogP contribution in [0.2, 0.25) is 0 Å². The highest BCUT2D eigenvalue weighted by atomic mass is 35.5. The number of halogens is 1. The van der Waals surface area contributed by atoms with Crippen LogP contribution in [0.3, 0.4) is 0 Å². The van der Waals surface area contributed by atoms with Crippen molar-refractivity contribution in [3.05, 3.63) is 22.3 Å². The van der Waals surface area contributed by atoms with Crippen LogP contribution >= 0.6 is 11.6 Å². The molecule has 1 heteroatoms. The molecule has 0 heterocycles. The van der Waals surface area contributed by atoms with E-state index >= 15 is 0 Å². The van der Waals surface area contributed by atoms with Gasteiger partial charge in [-0.3, -0.25) is 0 Å². The first-order chi connectivity index (χ1) is 7.31. The highest BCUT2D eigenvalue weighted by Crippen LogP contribution is 2.37. The smallest absolute Gasteiger partial charge is 0.0187 e. The van der Waals surface area contributed by atoms with Crippen molar-refractivity contribution < 1.29 is 0 Å². The first-order valence-electron chi connectivity index (χ1n) is 5.87. The van der Waals surface area contributed by atoms with Gasteiger partial charge in [0.25, 0.3) is 0 Å². The second-order valence-corrected chi connectivity index (χ2v) is 4.99. The second-order valence-electron chi connectivity index (χ2n) is 4.50. The minimum Gasteiger partial charge on any atom is -0.115 e. The molecule has 1 fully saturated rings. The maximum Gasteiger partial charge on any atom is 0.0187 e. The van der Waals surface area contributed by atoms with Crippen molar-refractivity contribution in [3.63, 3.8) is 0 Å². The van der Waals surface area contributed by atoms with Gasteiger partial charge in [-0.25, -0.2) is 0 Å². The molecule has 0 atom stereocenters. The molecule has 1 saturated carbocycles. The number of terminal acetylenes is 1. The van der Waals surface area contributed by atoms with E-state index in [9.17, 15) is 0 Å². The molecule has 0 aromatic heterocycles. The molecule has 0 nitrogen and oxygen atoms in total. The topological polar surface area (TPSA) is 0 Å². The molecule has 0 spiro atoms. The fraction of sp³-hybridized carbons (Fsp3) is 0.571. The highest BCUT2D eigenvalue weighted by molar-refractivity contribution is 6.29. The Kier molecular flexibility index (Phi) is 3.54. The number of rotatable bonds is 1. The molecule has 15 heavy (non-hydrogen) atoms. The van der Waals surface area contributed by atoms with Gasteiger partial charge in [0.2, 0.25) is 0 Å². The molecule has 2 rings (SSSR count). The average Bonchev–Trinajstić information content (AvgIpc) is 2.30. The van der Waals surface area contributed by atoms with Crippen molar-refractivity contribution in [2.75, 3.05) is 0 Å². The zero-order valence-electron chi connectivity index (χ0n) is 9.06. The van der Waals surface area contributed by atoms with Crippen LogP contribution in [0.5, 0.6) is 0 Å². The van der Waals surface area contributed by atoms with E-state index in [0.29, 0.717) is 5.92 Å². The van der Waals surface area contributed by atoms with Gasteiger partial charge in [-0.15, -0.1) is 6.42 Å². The summed E-state index contributed by atoms with van der Waals surface area (Å²) in [4.78, 5) is 0. The Morgan fingerprint density at radius 3 is 2.60 bits per heavy atom. The van der Waals surface area contributed by atoms with Crippen molar-refractivity contribution in [3.8, 4) is 12.3 Å². The average molecular weight is 221 g/mol. The van der Waals surface area contributed by atoms with E-state index in [-0.39, 0.29) is 0 Å². The molecule has 0 amide bonds. The third-order valence-electron chi connectivity index (χ3n) is 3.49. The van der Waals surface area contributed by atoms with Crippen molar-refractivity contribution in [2.24, 2.45) is 5.92 Å². The quantitative estimate of drug-likeness (QED) is 0.574. The first-order valence-corrected chi connectivity index (χ1v) is 6.25. The molecule has 0 saturated heterocycles. The monoisotopic (exact) mass is 220 g/mol. The number of hydrogen-bond acceptors (Lipinski definition) is 0. The van der Waals surface area contributed by atoms with Crippen molar-refractivity contribution >= 4 is 11.6 Å². The zero-order valence-corrected chi connectivity index (χ0v) is 9.82. The minimum absolute atomic E-state index is 0.679. The number of allylic oxidation sites excluding steroid dienone is 4. The molecule has 0 aromatic rings. The molecule has 0 unspecified atom stereocenters. The van der Waals surface area contributed by atoms with Crippen LogP contribution in [0.15, 0.2) is 22.3 Å². The first kappa shape index (κ1) is 10.8. The Morgan fingerprint density at radius 2 is 1.93 bits per heavy atom. The third kappa shape index (κ3) is 2.47. The summed E-state index contributed by atoms with van der Waals surface area (Å²) in [6.45, 7) is 0. The fourth-order valence-corrected chi connectivity index (χ4v) is 2.86. The van der Waals surface area contributed by atoms with Crippen LogP contribution in [0.4, 0.5) is 0 Å². The SMILES string of the molecule is C#CC1=C(C2CCCCC2)C=C(Cl)CC1. The highest BCUT2D eigenvalue weighted by Gasteiger charge is 2.21. The molecular weight excluding hydrogens is 204 g/mol. The molecule has 0 bridgehead atoms. The lowest BCUT2D eigenvalue weighted by atomic mass is 9.79. The van der Waals surface area contributed by atoms with Gasteiger partial charge in [-0.2, -0.15) is 0 Å². The van der Waals surface area contributed by atoms with E-state index in [2.05, 4.69) is 12.0 Å². The Morgan fingerprint density at radius 1 is 1.20 bits per heavy atom. The van der Waals surface area contributed by atoms with Gasteiger partial charge in [-0.1, -0.05) is 36.8 Å². The van der Waals surface area contributed by atoms with E-state index in [1.54, 1.807) is 0 Å². The predicted molar refractivity (Wildman–Crippen MR) is 65.6 cm³/mol. The molecular formula is C14H17Cl. The van der Waals surface area contributed by atoms with Gasteiger partial charge in [0.05, 0.1) is 0 Å². The van der Waals surface area contributed by atoms with Crippen LogP contribution < -0.4 is 0 Å². The standard InChI is InChI=1S/C14H17Cl/c1-2-11-8-9-13(15)10-14(11)12-6-4-3-5-7-12/h1,10,12H,3-9H2. The van der Waals surface area contributed by atoms with Crippen molar-refractivity contribution in [1.82, 2.24) is 0 Å². The van der Waals surface area contributed by atoms with Gasteiger partial charge in [0, 0.05) is 10.6 Å². The van der Waals surface area contributed by atoms with Gasteiger partial charge in [0.1, 0.15) is 0 Å². The summed E-state index contributed by atoms with van der Waals surface area (Å²) in [5.74, 6) is 3.53. The van der Waals surface area contributed by atoms with Crippen LogP contribution in [-0.2, 0) is 0 Å². The zero-order chi connectivity index (χ0) is 10.7. The summed E-state index contributed by atoms with van der Waals surface area (Å²) in [5, 5.41) is 0.981. The predicted octanol–water partition coefficient (Wildman–Crippen LogP) is 4.41. The molecule has 0 aliphatic heterocycles. The van der Waals surface area contributed by atoms with Gasteiger partial charge in [-0.05, 0) is 43.3 Å². The van der Waals surface area contributed by atoms with Crippen molar-refractivity contribution in [2.45, 2.75) is 44.9 Å². The van der Waals surface area contributed by atoms with Crippen LogP contribution in [0.25, 0.3) is 0 Å². The maximum absolute atomic E-state index is 6.11. The summed E-state index contributed by atoms with van der Waals surface area (Å²) >= 11 is 6.11. The van der Waals surface area contributed by atoms with Gasteiger partial charge in [0.15, 0.2) is 0 Å². The summed E-state index contributed by atoms with van der Waals surface area (Å²) in [5.41, 5.74) is 2.57. The Hall–Kier alpha value is -0.670. The van der Waals surface area contributed by atoms with E-state index in [0.717, 1.165) is 17.9 Å². The van der Waals surface area contributed by atoms with Crippen LogP contribution in [0.1, 0.15) is 44.9 Å². The third-order valence-corrected chi connectivity index (χ3v) is 3.79. The maximum atomic E-state index is 6.11. The Balaban J connectivity index is 2.23. The Labute approximate surface area is 97.4 Å². The van der Waals surface area contributed by atoms with Gasteiger partial charge < -0.3 is 0 Å². The molecule has 0 N–H and O–H groups in total. The molecule has 80 valence electrons. The Bertz CT molecular complexity index is 335. The summed E-state index contributed by atoms with van der Waals surface area (Å²) in [6.07, 6.45) is 16.3. The molecule has 2 aliphatic rings. The van der Waals surface area contributed by atoms with E-state index in [1.807, 2.05) is 0 Å². The van der Waals surface area contributed by atoms with Crippen molar-refractivity contribution in [1.29, 1.82) is 0 Å². The largest absolute Gasteiger partial charge is 0.115 e. The van der Waals surface area contributed by atoms with Crippen LogP contribution in [0, 0.1) is 18.3 Å². The lowest BCUT2D eigenvalue weighted by Crippen LogP contribution is -2.12. The van der Waals surface area contributed by atoms with Gasteiger partial charge >= 0.3 is 0 Å². The lowest BCUT2D eigenvalue weighted by Gasteiger charge is -2.26.